The fourth-order valence-corrected chi connectivity index (χ4v) is 2.39. The largest absolute Gasteiger partial charge is 0.383 e. The van der Waals surface area contributed by atoms with Gasteiger partial charge in [-0.2, -0.15) is 5.10 Å². The molecule has 0 amide bonds. The Kier molecular flexibility index (Phi) is 3.80. The molecular formula is C11H10Br2ClN3. The molecule has 2 rings (SSSR count). The molecule has 0 saturated heterocycles. The predicted octanol–water partition coefficient (Wildman–Crippen LogP) is 4.00. The minimum Gasteiger partial charge on any atom is -0.383 e. The van der Waals surface area contributed by atoms with E-state index in [9.17, 15) is 0 Å². The SMILES string of the molecule is Cc1nn(Cc2cc(Br)ccc2Cl)c(N)c1Br. The van der Waals surface area contributed by atoms with Crippen molar-refractivity contribution in [1.29, 1.82) is 0 Å². The van der Waals surface area contributed by atoms with Gasteiger partial charge in [0.25, 0.3) is 0 Å². The summed E-state index contributed by atoms with van der Waals surface area (Å²) in [4.78, 5) is 0. The Morgan fingerprint density at radius 1 is 1.41 bits per heavy atom. The van der Waals surface area contributed by atoms with Crippen molar-refractivity contribution >= 4 is 49.3 Å². The average molecular weight is 379 g/mol. The number of anilines is 1. The number of aryl methyl sites for hydroxylation is 1. The summed E-state index contributed by atoms with van der Waals surface area (Å²) in [6, 6.07) is 5.72. The molecule has 6 heteroatoms. The molecule has 0 bridgehead atoms. The molecule has 0 spiro atoms. The number of hydrogen-bond donors (Lipinski definition) is 1. The van der Waals surface area contributed by atoms with E-state index in [1.807, 2.05) is 25.1 Å². The van der Waals surface area contributed by atoms with E-state index < -0.39 is 0 Å². The average Bonchev–Trinajstić information content (AvgIpc) is 2.52. The van der Waals surface area contributed by atoms with Gasteiger partial charge in [0.15, 0.2) is 0 Å². The van der Waals surface area contributed by atoms with Crippen LogP contribution in [0.4, 0.5) is 5.82 Å². The van der Waals surface area contributed by atoms with Crippen molar-refractivity contribution in [2.45, 2.75) is 13.5 Å². The molecule has 2 aromatic rings. The Labute approximate surface area is 121 Å². The molecule has 0 radical (unpaired) electrons. The second kappa shape index (κ2) is 5.00. The number of nitrogens with two attached hydrogens (primary N) is 1. The van der Waals surface area contributed by atoms with Gasteiger partial charge in [-0.25, -0.2) is 4.68 Å². The van der Waals surface area contributed by atoms with E-state index in [1.165, 1.54) is 0 Å². The Morgan fingerprint density at radius 2 is 2.12 bits per heavy atom. The van der Waals surface area contributed by atoms with Crippen LogP contribution < -0.4 is 5.73 Å². The molecule has 0 aliphatic rings. The van der Waals surface area contributed by atoms with Gasteiger partial charge in [-0.1, -0.05) is 27.5 Å². The summed E-state index contributed by atoms with van der Waals surface area (Å²) in [7, 11) is 0. The molecule has 0 atom stereocenters. The highest BCUT2D eigenvalue weighted by Crippen LogP contribution is 2.26. The Morgan fingerprint density at radius 3 is 2.71 bits per heavy atom. The third-order valence-corrected chi connectivity index (χ3v) is 4.26. The molecule has 0 saturated carbocycles. The van der Waals surface area contributed by atoms with Crippen molar-refractivity contribution in [2.24, 2.45) is 0 Å². The first-order valence-corrected chi connectivity index (χ1v) is 6.87. The van der Waals surface area contributed by atoms with Crippen molar-refractivity contribution in [3.63, 3.8) is 0 Å². The van der Waals surface area contributed by atoms with Crippen LogP contribution in [-0.2, 0) is 6.54 Å². The van der Waals surface area contributed by atoms with Crippen LogP contribution in [0.25, 0.3) is 0 Å². The number of aromatic nitrogens is 2. The first kappa shape index (κ1) is 12.9. The maximum atomic E-state index is 6.13. The lowest BCUT2D eigenvalue weighted by Crippen LogP contribution is -2.06. The lowest BCUT2D eigenvalue weighted by Gasteiger charge is -2.07. The van der Waals surface area contributed by atoms with Crippen molar-refractivity contribution in [1.82, 2.24) is 9.78 Å². The first-order chi connectivity index (χ1) is 7.99. The van der Waals surface area contributed by atoms with E-state index in [0.717, 1.165) is 20.2 Å². The van der Waals surface area contributed by atoms with Gasteiger partial charge < -0.3 is 5.73 Å². The zero-order chi connectivity index (χ0) is 12.6. The van der Waals surface area contributed by atoms with Crippen LogP contribution in [0.1, 0.15) is 11.3 Å². The monoisotopic (exact) mass is 377 g/mol. The maximum absolute atomic E-state index is 6.13. The number of halogens is 3. The van der Waals surface area contributed by atoms with Crippen molar-refractivity contribution < 1.29 is 0 Å². The van der Waals surface area contributed by atoms with Gasteiger partial charge in [0.1, 0.15) is 5.82 Å². The first-order valence-electron chi connectivity index (χ1n) is 4.91. The van der Waals surface area contributed by atoms with Crippen LogP contribution in [0.2, 0.25) is 5.02 Å². The molecule has 0 fully saturated rings. The van der Waals surface area contributed by atoms with E-state index in [-0.39, 0.29) is 0 Å². The molecule has 0 aliphatic heterocycles. The fourth-order valence-electron chi connectivity index (χ4n) is 1.52. The van der Waals surface area contributed by atoms with E-state index in [0.29, 0.717) is 17.4 Å². The summed E-state index contributed by atoms with van der Waals surface area (Å²) >= 11 is 12.9. The molecule has 3 nitrogen and oxygen atoms in total. The highest BCUT2D eigenvalue weighted by atomic mass is 79.9. The molecule has 2 N–H and O–H groups in total. The summed E-state index contributed by atoms with van der Waals surface area (Å²) in [5, 5.41) is 5.05. The normalized spacial score (nSPS) is 10.8. The molecule has 1 heterocycles. The second-order valence-corrected chi connectivity index (χ2v) is 5.79. The van der Waals surface area contributed by atoms with Crippen LogP contribution in [-0.4, -0.2) is 9.78 Å². The van der Waals surface area contributed by atoms with Gasteiger partial charge in [0.05, 0.1) is 16.7 Å². The zero-order valence-corrected chi connectivity index (χ0v) is 13.0. The quantitative estimate of drug-likeness (QED) is 0.857. The summed E-state index contributed by atoms with van der Waals surface area (Å²) in [6.07, 6.45) is 0. The molecular weight excluding hydrogens is 369 g/mol. The van der Waals surface area contributed by atoms with Gasteiger partial charge in [0.2, 0.25) is 0 Å². The predicted molar refractivity (Wildman–Crippen MR) is 77.3 cm³/mol. The third-order valence-electron chi connectivity index (χ3n) is 2.42. The van der Waals surface area contributed by atoms with Crippen LogP contribution in [0, 0.1) is 6.92 Å². The van der Waals surface area contributed by atoms with E-state index in [4.69, 9.17) is 17.3 Å². The molecule has 17 heavy (non-hydrogen) atoms. The molecule has 0 unspecified atom stereocenters. The molecule has 1 aromatic carbocycles. The van der Waals surface area contributed by atoms with Crippen LogP contribution >= 0.6 is 43.5 Å². The number of nitrogens with zero attached hydrogens (tertiary/aromatic N) is 2. The summed E-state index contributed by atoms with van der Waals surface area (Å²) in [6.45, 7) is 2.45. The summed E-state index contributed by atoms with van der Waals surface area (Å²) in [5.41, 5.74) is 7.78. The highest BCUT2D eigenvalue weighted by Gasteiger charge is 2.11. The number of benzene rings is 1. The summed E-state index contributed by atoms with van der Waals surface area (Å²) in [5.74, 6) is 0.610. The van der Waals surface area contributed by atoms with Crippen molar-refractivity contribution in [2.75, 3.05) is 5.73 Å². The maximum Gasteiger partial charge on any atom is 0.136 e. The molecule has 1 aromatic heterocycles. The minimum absolute atomic E-state index is 0.552. The van der Waals surface area contributed by atoms with Crippen LogP contribution in [0.5, 0.6) is 0 Å². The Bertz CT molecular complexity index is 566. The Balaban J connectivity index is 2.37. The van der Waals surface area contributed by atoms with Gasteiger partial charge in [-0.3, -0.25) is 0 Å². The van der Waals surface area contributed by atoms with Crippen molar-refractivity contribution in [3.05, 3.63) is 43.4 Å². The van der Waals surface area contributed by atoms with Crippen LogP contribution in [0.3, 0.4) is 0 Å². The highest BCUT2D eigenvalue weighted by molar-refractivity contribution is 9.11. The van der Waals surface area contributed by atoms with Gasteiger partial charge in [-0.05, 0) is 46.6 Å². The molecule has 90 valence electrons. The van der Waals surface area contributed by atoms with Gasteiger partial charge in [0, 0.05) is 9.50 Å². The second-order valence-electron chi connectivity index (χ2n) is 3.68. The fraction of sp³-hybridized carbons (Fsp3) is 0.182. The smallest absolute Gasteiger partial charge is 0.136 e. The lowest BCUT2D eigenvalue weighted by atomic mass is 10.2. The van der Waals surface area contributed by atoms with E-state index >= 15 is 0 Å². The third kappa shape index (κ3) is 2.67. The number of hydrogen-bond acceptors (Lipinski definition) is 2. The Hall–Kier alpha value is -0.520. The van der Waals surface area contributed by atoms with Crippen LogP contribution in [0.15, 0.2) is 27.1 Å². The van der Waals surface area contributed by atoms with E-state index in [1.54, 1.807) is 4.68 Å². The van der Waals surface area contributed by atoms with Gasteiger partial charge in [-0.15, -0.1) is 0 Å². The standard InChI is InChI=1S/C11H10Br2ClN3/c1-6-10(13)11(15)17(16-6)5-7-4-8(12)2-3-9(7)14/h2-4H,5,15H2,1H3. The topological polar surface area (TPSA) is 43.8 Å². The van der Waals surface area contributed by atoms with Crippen molar-refractivity contribution in [3.8, 4) is 0 Å². The van der Waals surface area contributed by atoms with Gasteiger partial charge >= 0.3 is 0 Å². The lowest BCUT2D eigenvalue weighted by molar-refractivity contribution is 0.689. The van der Waals surface area contributed by atoms with E-state index in [2.05, 4.69) is 37.0 Å². The minimum atomic E-state index is 0.552. The number of rotatable bonds is 2. The zero-order valence-electron chi connectivity index (χ0n) is 9.04. The summed E-state index contributed by atoms with van der Waals surface area (Å²) < 4.78 is 3.55. The number of nitrogen functional groups attached to an aromatic ring is 1. The molecule has 0 aliphatic carbocycles.